The van der Waals surface area contributed by atoms with E-state index >= 15 is 0 Å². The van der Waals surface area contributed by atoms with Crippen molar-refractivity contribution >= 4 is 5.91 Å². The molecule has 0 aliphatic carbocycles. The predicted molar refractivity (Wildman–Crippen MR) is 112 cm³/mol. The minimum Gasteiger partial charge on any atom is -0.496 e. The molecule has 2 aromatic rings. The second kappa shape index (κ2) is 8.57. The lowest BCUT2D eigenvalue weighted by Gasteiger charge is -2.34. The van der Waals surface area contributed by atoms with Gasteiger partial charge in [0.25, 0.3) is 0 Å². The van der Waals surface area contributed by atoms with Crippen molar-refractivity contribution in [3.63, 3.8) is 0 Å². The van der Waals surface area contributed by atoms with Crippen LogP contribution >= 0.6 is 0 Å². The van der Waals surface area contributed by atoms with Crippen LogP contribution in [0.25, 0.3) is 11.5 Å². The number of aryl methyl sites for hydroxylation is 2. The van der Waals surface area contributed by atoms with E-state index < -0.39 is 0 Å². The van der Waals surface area contributed by atoms with Gasteiger partial charge in [0.1, 0.15) is 11.5 Å². The summed E-state index contributed by atoms with van der Waals surface area (Å²) < 4.78 is 11.3. The first kappa shape index (κ1) is 20.0. The number of oxazole rings is 1. The van der Waals surface area contributed by atoms with Crippen molar-refractivity contribution in [2.24, 2.45) is 5.92 Å². The van der Waals surface area contributed by atoms with Crippen molar-refractivity contribution in [2.45, 2.75) is 46.1 Å². The van der Waals surface area contributed by atoms with Crippen LogP contribution in [0.1, 0.15) is 42.7 Å². The summed E-state index contributed by atoms with van der Waals surface area (Å²) in [5.41, 5.74) is 3.05. The van der Waals surface area contributed by atoms with Crippen LogP contribution in [0.5, 0.6) is 5.75 Å². The van der Waals surface area contributed by atoms with Crippen molar-refractivity contribution in [1.29, 1.82) is 0 Å². The van der Waals surface area contributed by atoms with Crippen molar-refractivity contribution in [1.82, 2.24) is 14.8 Å². The second-order valence-corrected chi connectivity index (χ2v) is 8.39. The van der Waals surface area contributed by atoms with Crippen LogP contribution in [0.4, 0.5) is 0 Å². The zero-order chi connectivity index (χ0) is 20.4. The molecule has 6 heteroatoms. The number of aromatic nitrogens is 1. The summed E-state index contributed by atoms with van der Waals surface area (Å²) in [6.07, 6.45) is 4.12. The molecule has 1 amide bonds. The monoisotopic (exact) mass is 397 g/mol. The quantitative estimate of drug-likeness (QED) is 0.742. The molecule has 6 nitrogen and oxygen atoms in total. The highest BCUT2D eigenvalue weighted by molar-refractivity contribution is 5.78. The average Bonchev–Trinajstić information content (AvgIpc) is 3.28. The Hall–Kier alpha value is -2.34. The van der Waals surface area contributed by atoms with Crippen molar-refractivity contribution in [3.05, 3.63) is 35.2 Å². The van der Waals surface area contributed by atoms with Crippen molar-refractivity contribution < 1.29 is 13.9 Å². The fourth-order valence-corrected chi connectivity index (χ4v) is 4.57. The second-order valence-electron chi connectivity index (χ2n) is 8.39. The zero-order valence-electron chi connectivity index (χ0n) is 17.7. The number of piperidine rings is 1. The topological polar surface area (TPSA) is 58.8 Å². The molecule has 1 aromatic heterocycles. The number of hydrogen-bond acceptors (Lipinski definition) is 5. The Balaban J connectivity index is 1.41. The van der Waals surface area contributed by atoms with Crippen LogP contribution in [0.2, 0.25) is 0 Å². The number of benzene rings is 1. The molecule has 1 atom stereocenters. The van der Waals surface area contributed by atoms with E-state index in [1.165, 1.54) is 12.8 Å². The van der Waals surface area contributed by atoms with E-state index in [1.807, 2.05) is 26.0 Å². The first-order chi connectivity index (χ1) is 14.0. The molecular formula is C23H31N3O3. The lowest BCUT2D eigenvalue weighted by atomic mass is 9.97. The highest BCUT2D eigenvalue weighted by Gasteiger charge is 2.27. The van der Waals surface area contributed by atoms with E-state index in [0.717, 1.165) is 73.9 Å². The smallest absolute Gasteiger partial charge is 0.226 e. The molecule has 0 N–H and O–H groups in total. The van der Waals surface area contributed by atoms with Gasteiger partial charge in [-0.05, 0) is 69.3 Å². The third-order valence-corrected chi connectivity index (χ3v) is 6.16. The van der Waals surface area contributed by atoms with Crippen LogP contribution in [0.3, 0.4) is 0 Å². The molecule has 0 radical (unpaired) electrons. The third kappa shape index (κ3) is 4.47. The summed E-state index contributed by atoms with van der Waals surface area (Å²) >= 11 is 0. The fraction of sp³-hybridized carbons (Fsp3) is 0.565. The molecule has 0 bridgehead atoms. The SMILES string of the molecule is COc1ccc(-c2nc(CN3CCC[C@H](CN4CCCC4=O)C3)c(C)o2)cc1C. The maximum Gasteiger partial charge on any atom is 0.226 e. The number of nitrogens with zero attached hydrogens (tertiary/aromatic N) is 3. The summed E-state index contributed by atoms with van der Waals surface area (Å²) in [6.45, 7) is 8.76. The van der Waals surface area contributed by atoms with Gasteiger partial charge < -0.3 is 14.1 Å². The number of hydrogen-bond donors (Lipinski definition) is 0. The number of methoxy groups -OCH3 is 1. The van der Waals surface area contributed by atoms with Crippen molar-refractivity contribution in [2.75, 3.05) is 33.3 Å². The molecule has 2 aliphatic heterocycles. The van der Waals surface area contributed by atoms with Gasteiger partial charge in [-0.25, -0.2) is 4.98 Å². The number of likely N-dealkylation sites (tertiary alicyclic amines) is 2. The summed E-state index contributed by atoms with van der Waals surface area (Å²) in [5, 5.41) is 0. The van der Waals surface area contributed by atoms with Gasteiger partial charge in [-0.2, -0.15) is 0 Å². The molecule has 0 saturated carbocycles. The molecule has 2 fully saturated rings. The van der Waals surface area contributed by atoms with E-state index in [9.17, 15) is 4.79 Å². The molecule has 3 heterocycles. The van der Waals surface area contributed by atoms with E-state index in [1.54, 1.807) is 7.11 Å². The minimum absolute atomic E-state index is 0.328. The highest BCUT2D eigenvalue weighted by atomic mass is 16.5. The first-order valence-electron chi connectivity index (χ1n) is 10.6. The van der Waals surface area contributed by atoms with E-state index in [2.05, 4.69) is 15.9 Å². The van der Waals surface area contributed by atoms with Gasteiger partial charge in [0.15, 0.2) is 0 Å². The Morgan fingerprint density at radius 2 is 2.10 bits per heavy atom. The van der Waals surface area contributed by atoms with Gasteiger partial charge in [-0.15, -0.1) is 0 Å². The molecule has 0 unspecified atom stereocenters. The molecule has 156 valence electrons. The summed E-state index contributed by atoms with van der Waals surface area (Å²) in [4.78, 5) is 21.3. The minimum atomic E-state index is 0.328. The Labute approximate surface area is 172 Å². The van der Waals surface area contributed by atoms with Crippen LogP contribution < -0.4 is 4.74 Å². The van der Waals surface area contributed by atoms with Crippen LogP contribution in [-0.2, 0) is 11.3 Å². The molecule has 4 rings (SSSR count). The van der Waals surface area contributed by atoms with Crippen LogP contribution in [0, 0.1) is 19.8 Å². The van der Waals surface area contributed by atoms with Gasteiger partial charge in [-0.3, -0.25) is 9.69 Å². The maximum absolute atomic E-state index is 11.9. The predicted octanol–water partition coefficient (Wildman–Crippen LogP) is 3.80. The largest absolute Gasteiger partial charge is 0.496 e. The molecule has 2 aliphatic rings. The Morgan fingerprint density at radius 3 is 2.83 bits per heavy atom. The lowest BCUT2D eigenvalue weighted by Crippen LogP contribution is -2.41. The molecule has 0 spiro atoms. The van der Waals surface area contributed by atoms with E-state index in [4.69, 9.17) is 14.1 Å². The number of amides is 1. The average molecular weight is 398 g/mol. The van der Waals surface area contributed by atoms with E-state index in [-0.39, 0.29) is 0 Å². The summed E-state index contributed by atoms with van der Waals surface area (Å²) in [5.74, 6) is 3.30. The Bertz CT molecular complexity index is 876. The maximum atomic E-state index is 11.9. The van der Waals surface area contributed by atoms with Gasteiger partial charge in [0.2, 0.25) is 11.8 Å². The Kier molecular flexibility index (Phi) is 5.90. The molecule has 29 heavy (non-hydrogen) atoms. The van der Waals surface area contributed by atoms with Crippen LogP contribution in [0.15, 0.2) is 22.6 Å². The molecule has 1 aromatic carbocycles. The zero-order valence-corrected chi connectivity index (χ0v) is 17.7. The first-order valence-corrected chi connectivity index (χ1v) is 10.6. The number of carbonyl (C=O) groups is 1. The fourth-order valence-electron chi connectivity index (χ4n) is 4.57. The summed E-state index contributed by atoms with van der Waals surface area (Å²) in [7, 11) is 1.68. The molecule has 2 saturated heterocycles. The Morgan fingerprint density at radius 1 is 1.24 bits per heavy atom. The van der Waals surface area contributed by atoms with Gasteiger partial charge in [-0.1, -0.05) is 0 Å². The number of rotatable bonds is 6. The lowest BCUT2D eigenvalue weighted by molar-refractivity contribution is -0.128. The number of carbonyl (C=O) groups excluding carboxylic acids is 1. The number of ether oxygens (including phenoxy) is 1. The normalized spacial score (nSPS) is 20.4. The van der Waals surface area contributed by atoms with Crippen LogP contribution in [-0.4, -0.2) is 54.0 Å². The van der Waals surface area contributed by atoms with Gasteiger partial charge >= 0.3 is 0 Å². The summed E-state index contributed by atoms with van der Waals surface area (Å²) in [6, 6.07) is 6.00. The van der Waals surface area contributed by atoms with Crippen molar-refractivity contribution in [3.8, 4) is 17.2 Å². The van der Waals surface area contributed by atoms with E-state index in [0.29, 0.717) is 17.7 Å². The standard InChI is InChI=1S/C23H31N3O3/c1-16-12-19(8-9-21(16)28-3)23-24-20(17(2)29-23)15-25-10-4-6-18(13-25)14-26-11-5-7-22(26)27/h8-9,12,18H,4-7,10-11,13-15H2,1-3H3/t18-/m0/s1. The third-order valence-electron chi connectivity index (χ3n) is 6.16. The highest BCUT2D eigenvalue weighted by Crippen LogP contribution is 2.28. The van der Waals surface area contributed by atoms with Gasteiger partial charge in [0.05, 0.1) is 12.8 Å². The van der Waals surface area contributed by atoms with Gasteiger partial charge in [0, 0.05) is 38.2 Å². The molecular weight excluding hydrogens is 366 g/mol.